The molecule has 5 nitrogen and oxygen atoms in total. The smallest absolute Gasteiger partial charge is 0.222 e. The van der Waals surface area contributed by atoms with E-state index in [1.807, 2.05) is 13.8 Å². The van der Waals surface area contributed by atoms with Crippen LogP contribution in [0, 0.1) is 5.92 Å². The molecule has 0 aromatic heterocycles. The Morgan fingerprint density at radius 2 is 2.13 bits per heavy atom. The van der Waals surface area contributed by atoms with E-state index in [-0.39, 0.29) is 30.9 Å². The summed E-state index contributed by atoms with van der Waals surface area (Å²) in [5, 5.41) is 12.1. The number of hydrogen-bond donors (Lipinski definition) is 3. The van der Waals surface area contributed by atoms with Crippen LogP contribution in [-0.2, 0) is 9.53 Å². The minimum absolute atomic E-state index is 0.137. The van der Waals surface area contributed by atoms with Crippen LogP contribution in [0.3, 0.4) is 0 Å². The van der Waals surface area contributed by atoms with Gasteiger partial charge in [-0.2, -0.15) is 0 Å². The fraction of sp³-hybridized carbons (Fsp3) is 0.900. The van der Waals surface area contributed by atoms with E-state index in [4.69, 9.17) is 10.5 Å². The Balaban J connectivity index is 3.74. The topological polar surface area (TPSA) is 84.6 Å². The summed E-state index contributed by atoms with van der Waals surface area (Å²) in [5.74, 6) is -0.00923. The quantitative estimate of drug-likeness (QED) is 0.537. The summed E-state index contributed by atoms with van der Waals surface area (Å²) in [7, 11) is 1.52. The monoisotopic (exact) mass is 218 g/mol. The highest BCUT2D eigenvalue weighted by atomic mass is 16.5. The molecule has 0 saturated heterocycles. The first-order chi connectivity index (χ1) is 7.01. The molecule has 2 unspecified atom stereocenters. The number of nitrogens with one attached hydrogen (secondary N) is 1. The molecular weight excluding hydrogens is 196 g/mol. The van der Waals surface area contributed by atoms with Crippen LogP contribution in [0.25, 0.3) is 0 Å². The van der Waals surface area contributed by atoms with Crippen LogP contribution in [0.5, 0.6) is 0 Å². The maximum absolute atomic E-state index is 11.3. The summed E-state index contributed by atoms with van der Waals surface area (Å²) in [5.41, 5.74) is 5.38. The minimum Gasteiger partial charge on any atom is -0.391 e. The maximum Gasteiger partial charge on any atom is 0.222 e. The second-order valence-corrected chi connectivity index (χ2v) is 3.91. The zero-order chi connectivity index (χ0) is 11.8. The van der Waals surface area contributed by atoms with Crippen LogP contribution < -0.4 is 11.1 Å². The normalized spacial score (nSPS) is 15.1. The molecule has 15 heavy (non-hydrogen) atoms. The molecule has 4 N–H and O–H groups in total. The Hall–Kier alpha value is -0.650. The summed E-state index contributed by atoms with van der Waals surface area (Å²) in [6.45, 7) is 4.39. The molecule has 0 radical (unpaired) electrons. The van der Waals surface area contributed by atoms with Gasteiger partial charge >= 0.3 is 0 Å². The van der Waals surface area contributed by atoms with Gasteiger partial charge in [-0.15, -0.1) is 0 Å². The minimum atomic E-state index is -0.507. The highest BCUT2D eigenvalue weighted by Gasteiger charge is 2.14. The Bertz CT molecular complexity index is 182. The predicted octanol–water partition coefficient (Wildman–Crippen LogP) is -0.517. The number of nitrogens with two attached hydrogens (primary N) is 1. The van der Waals surface area contributed by atoms with Crippen molar-refractivity contribution in [2.45, 2.75) is 32.5 Å². The Kier molecular flexibility index (Phi) is 7.29. The highest BCUT2D eigenvalue weighted by molar-refractivity contribution is 5.76. The van der Waals surface area contributed by atoms with Crippen molar-refractivity contribution < 1.29 is 14.6 Å². The average molecular weight is 218 g/mol. The van der Waals surface area contributed by atoms with Crippen molar-refractivity contribution in [3.63, 3.8) is 0 Å². The summed E-state index contributed by atoms with van der Waals surface area (Å²) in [6, 6.07) is 0. The van der Waals surface area contributed by atoms with Gasteiger partial charge in [-0.05, 0) is 5.92 Å². The maximum atomic E-state index is 11.3. The molecule has 0 rings (SSSR count). The number of methoxy groups -OCH3 is 1. The molecule has 0 aromatic carbocycles. The number of amides is 1. The van der Waals surface area contributed by atoms with Gasteiger partial charge in [-0.3, -0.25) is 4.79 Å². The van der Waals surface area contributed by atoms with Crippen LogP contribution in [-0.4, -0.2) is 43.4 Å². The van der Waals surface area contributed by atoms with Crippen molar-refractivity contribution in [2.24, 2.45) is 11.7 Å². The Morgan fingerprint density at radius 3 is 2.53 bits per heavy atom. The molecule has 0 bridgehead atoms. The third kappa shape index (κ3) is 6.43. The molecule has 0 aliphatic rings. The van der Waals surface area contributed by atoms with E-state index in [9.17, 15) is 9.90 Å². The lowest BCUT2D eigenvalue weighted by molar-refractivity contribution is -0.123. The predicted molar refractivity (Wildman–Crippen MR) is 58.3 cm³/mol. The zero-order valence-electron chi connectivity index (χ0n) is 9.69. The van der Waals surface area contributed by atoms with Crippen molar-refractivity contribution in [1.82, 2.24) is 5.32 Å². The van der Waals surface area contributed by atoms with Crippen LogP contribution in [0.2, 0.25) is 0 Å². The van der Waals surface area contributed by atoms with Gasteiger partial charge in [0.25, 0.3) is 0 Å². The van der Waals surface area contributed by atoms with Crippen molar-refractivity contribution in [1.29, 1.82) is 0 Å². The third-order valence-corrected chi connectivity index (χ3v) is 2.29. The molecule has 0 aromatic rings. The Morgan fingerprint density at radius 1 is 1.53 bits per heavy atom. The molecule has 0 fully saturated rings. The number of aliphatic hydroxyl groups is 1. The number of aliphatic hydroxyl groups excluding tert-OH is 1. The lowest BCUT2D eigenvalue weighted by Gasteiger charge is -2.16. The number of carbonyl (C=O) groups excluding carboxylic acids is 1. The van der Waals surface area contributed by atoms with Gasteiger partial charge < -0.3 is 20.9 Å². The molecule has 0 heterocycles. The van der Waals surface area contributed by atoms with Gasteiger partial charge in [0.2, 0.25) is 5.91 Å². The first-order valence-electron chi connectivity index (χ1n) is 5.18. The molecule has 0 saturated carbocycles. The number of hydrogen-bond acceptors (Lipinski definition) is 4. The van der Waals surface area contributed by atoms with Gasteiger partial charge in [-0.1, -0.05) is 13.8 Å². The molecule has 2 atom stereocenters. The summed E-state index contributed by atoms with van der Waals surface area (Å²) in [4.78, 5) is 11.3. The standard InChI is InChI=1S/C10H22N2O3/c1-7(2)9(13)6-12-10(14)4-8(5-11)15-3/h7-9,13H,4-6,11H2,1-3H3,(H,12,14). The van der Waals surface area contributed by atoms with Gasteiger partial charge in [0.05, 0.1) is 18.6 Å². The summed E-state index contributed by atoms with van der Waals surface area (Å²) < 4.78 is 4.98. The largest absolute Gasteiger partial charge is 0.391 e. The summed E-state index contributed by atoms with van der Waals surface area (Å²) >= 11 is 0. The van der Waals surface area contributed by atoms with Gasteiger partial charge in [0.15, 0.2) is 0 Å². The molecule has 1 amide bonds. The van der Waals surface area contributed by atoms with Gasteiger partial charge in [0, 0.05) is 20.2 Å². The summed E-state index contributed by atoms with van der Waals surface area (Å²) in [6.07, 6.45) is -0.522. The van der Waals surface area contributed by atoms with Crippen LogP contribution in [0.15, 0.2) is 0 Å². The lowest BCUT2D eigenvalue weighted by atomic mass is 10.1. The highest BCUT2D eigenvalue weighted by Crippen LogP contribution is 2.00. The third-order valence-electron chi connectivity index (χ3n) is 2.29. The van der Waals surface area contributed by atoms with E-state index in [2.05, 4.69) is 5.32 Å². The first-order valence-corrected chi connectivity index (χ1v) is 5.18. The number of ether oxygens (including phenoxy) is 1. The fourth-order valence-electron chi connectivity index (χ4n) is 0.996. The van der Waals surface area contributed by atoms with Crippen LogP contribution in [0.1, 0.15) is 20.3 Å². The van der Waals surface area contributed by atoms with Crippen molar-refractivity contribution in [3.8, 4) is 0 Å². The van der Waals surface area contributed by atoms with Crippen molar-refractivity contribution in [2.75, 3.05) is 20.2 Å². The molecule has 0 aliphatic heterocycles. The van der Waals surface area contributed by atoms with E-state index in [0.717, 1.165) is 0 Å². The van der Waals surface area contributed by atoms with Crippen LogP contribution >= 0.6 is 0 Å². The average Bonchev–Trinajstić information content (AvgIpc) is 2.22. The zero-order valence-corrected chi connectivity index (χ0v) is 9.69. The molecule has 0 aliphatic carbocycles. The second kappa shape index (κ2) is 7.62. The van der Waals surface area contributed by atoms with E-state index < -0.39 is 6.10 Å². The molecular formula is C10H22N2O3. The van der Waals surface area contributed by atoms with E-state index in [1.54, 1.807) is 0 Å². The second-order valence-electron chi connectivity index (χ2n) is 3.91. The van der Waals surface area contributed by atoms with Gasteiger partial charge in [0.1, 0.15) is 0 Å². The SMILES string of the molecule is COC(CN)CC(=O)NCC(O)C(C)C. The number of carbonyl (C=O) groups is 1. The first kappa shape index (κ1) is 14.3. The molecule has 5 heteroatoms. The van der Waals surface area contributed by atoms with Crippen molar-refractivity contribution >= 4 is 5.91 Å². The molecule has 0 spiro atoms. The fourth-order valence-corrected chi connectivity index (χ4v) is 0.996. The lowest BCUT2D eigenvalue weighted by Crippen LogP contribution is -2.37. The van der Waals surface area contributed by atoms with Crippen LogP contribution in [0.4, 0.5) is 0 Å². The number of rotatable bonds is 7. The Labute approximate surface area is 91.0 Å². The van der Waals surface area contributed by atoms with E-state index in [1.165, 1.54) is 7.11 Å². The van der Waals surface area contributed by atoms with E-state index in [0.29, 0.717) is 6.54 Å². The van der Waals surface area contributed by atoms with Gasteiger partial charge in [-0.25, -0.2) is 0 Å². The molecule has 90 valence electrons. The van der Waals surface area contributed by atoms with Crippen molar-refractivity contribution in [3.05, 3.63) is 0 Å². The van der Waals surface area contributed by atoms with E-state index >= 15 is 0 Å².